The Morgan fingerprint density at radius 3 is 1.97 bits per heavy atom. The fraction of sp³-hybridized carbons (Fsp3) is 0.682. The van der Waals surface area contributed by atoms with Gasteiger partial charge in [-0.15, -0.1) is 0 Å². The summed E-state index contributed by atoms with van der Waals surface area (Å²) in [5.41, 5.74) is -0.784. The highest BCUT2D eigenvalue weighted by atomic mass is 16.5. The lowest BCUT2D eigenvalue weighted by Crippen LogP contribution is -2.55. The number of carboxylic acids is 1. The maximum absolute atomic E-state index is 12.9. The molecule has 0 radical (unpaired) electrons. The number of hydrogen-bond donors (Lipinski definition) is 4. The van der Waals surface area contributed by atoms with E-state index in [4.69, 9.17) is 0 Å². The van der Waals surface area contributed by atoms with E-state index in [-0.39, 0.29) is 25.0 Å². The lowest BCUT2D eigenvalue weighted by molar-refractivity contribution is -0.142. The minimum atomic E-state index is -1.15. The van der Waals surface area contributed by atoms with Gasteiger partial charge in [-0.3, -0.25) is 19.2 Å². The fourth-order valence-corrected chi connectivity index (χ4v) is 2.96. The summed E-state index contributed by atoms with van der Waals surface area (Å²) < 4.78 is 4.49. The Morgan fingerprint density at radius 2 is 1.53 bits per heavy atom. The molecule has 0 aromatic carbocycles. The Morgan fingerprint density at radius 1 is 0.969 bits per heavy atom. The van der Waals surface area contributed by atoms with Gasteiger partial charge in [-0.2, -0.15) is 0 Å². The molecule has 0 aliphatic rings. The predicted molar refractivity (Wildman–Crippen MR) is 118 cm³/mol. The van der Waals surface area contributed by atoms with Crippen molar-refractivity contribution in [2.24, 2.45) is 11.3 Å². The molecule has 0 aliphatic heterocycles. The van der Waals surface area contributed by atoms with Crippen LogP contribution >= 0.6 is 0 Å². The second-order valence-corrected chi connectivity index (χ2v) is 8.62. The summed E-state index contributed by atoms with van der Waals surface area (Å²) in [6.45, 7) is 12.2. The molecular formula is C22H37N3O7. The normalized spacial score (nSPS) is 13.8. The highest BCUT2D eigenvalue weighted by Crippen LogP contribution is 2.22. The van der Waals surface area contributed by atoms with Crippen LogP contribution in [0.5, 0.6) is 0 Å². The van der Waals surface area contributed by atoms with E-state index in [9.17, 15) is 29.1 Å². The van der Waals surface area contributed by atoms with Gasteiger partial charge in [-0.1, -0.05) is 54.0 Å². The number of amides is 3. The highest BCUT2D eigenvalue weighted by Gasteiger charge is 2.35. The number of ether oxygens (including phenoxy) is 1. The summed E-state index contributed by atoms with van der Waals surface area (Å²) in [6, 6.07) is -2.08. The fourth-order valence-electron chi connectivity index (χ4n) is 2.96. The molecule has 0 aliphatic carbocycles. The molecule has 0 saturated heterocycles. The summed E-state index contributed by atoms with van der Waals surface area (Å²) in [7, 11) is 1.19. The van der Waals surface area contributed by atoms with Gasteiger partial charge in [0.15, 0.2) is 0 Å². The number of nitrogens with one attached hydrogen (secondary N) is 3. The van der Waals surface area contributed by atoms with Crippen molar-refractivity contribution >= 4 is 29.7 Å². The van der Waals surface area contributed by atoms with Gasteiger partial charge in [-0.05, 0) is 18.3 Å². The zero-order chi connectivity index (χ0) is 25.1. The van der Waals surface area contributed by atoms with Crippen molar-refractivity contribution in [1.82, 2.24) is 16.0 Å². The van der Waals surface area contributed by atoms with Crippen molar-refractivity contribution in [2.75, 3.05) is 13.7 Å². The largest absolute Gasteiger partial charge is 0.480 e. The van der Waals surface area contributed by atoms with E-state index in [2.05, 4.69) is 27.3 Å². The van der Waals surface area contributed by atoms with Gasteiger partial charge in [0, 0.05) is 5.57 Å². The van der Waals surface area contributed by atoms with Crippen LogP contribution in [-0.4, -0.2) is 60.5 Å². The van der Waals surface area contributed by atoms with Crippen molar-refractivity contribution in [3.05, 3.63) is 12.2 Å². The van der Waals surface area contributed by atoms with Crippen molar-refractivity contribution in [2.45, 2.75) is 72.4 Å². The third-order valence-electron chi connectivity index (χ3n) is 4.84. The van der Waals surface area contributed by atoms with Crippen LogP contribution in [0.15, 0.2) is 12.2 Å². The number of rotatable bonds is 13. The van der Waals surface area contributed by atoms with Crippen LogP contribution in [0, 0.1) is 11.3 Å². The minimum Gasteiger partial charge on any atom is -0.480 e. The molecule has 32 heavy (non-hydrogen) atoms. The van der Waals surface area contributed by atoms with E-state index >= 15 is 0 Å². The summed E-state index contributed by atoms with van der Waals surface area (Å²) >= 11 is 0. The monoisotopic (exact) mass is 455 g/mol. The van der Waals surface area contributed by atoms with Gasteiger partial charge < -0.3 is 25.8 Å². The third-order valence-corrected chi connectivity index (χ3v) is 4.84. The number of methoxy groups -OCH3 is 1. The summed E-state index contributed by atoms with van der Waals surface area (Å²) in [4.78, 5) is 60.9. The second-order valence-electron chi connectivity index (χ2n) is 8.62. The van der Waals surface area contributed by atoms with Gasteiger partial charge in [0.2, 0.25) is 17.7 Å². The van der Waals surface area contributed by atoms with E-state index in [1.165, 1.54) is 7.11 Å². The highest BCUT2D eigenvalue weighted by molar-refractivity contribution is 6.02. The second kappa shape index (κ2) is 13.5. The number of hydrogen-bond acceptors (Lipinski definition) is 6. The van der Waals surface area contributed by atoms with Gasteiger partial charge in [-0.25, -0.2) is 4.79 Å². The maximum Gasteiger partial charge on any atom is 0.326 e. The Hall–Kier alpha value is -2.91. The summed E-state index contributed by atoms with van der Waals surface area (Å²) in [5, 5.41) is 16.8. The van der Waals surface area contributed by atoms with E-state index in [0.29, 0.717) is 12.8 Å². The topological polar surface area (TPSA) is 151 Å². The van der Waals surface area contributed by atoms with Gasteiger partial charge in [0.25, 0.3) is 0 Å². The number of carbonyl (C=O) groups is 5. The van der Waals surface area contributed by atoms with Gasteiger partial charge in [0.05, 0.1) is 13.0 Å². The lowest BCUT2D eigenvalue weighted by atomic mass is 9.85. The van der Waals surface area contributed by atoms with Crippen LogP contribution in [0.4, 0.5) is 0 Å². The molecule has 4 N–H and O–H groups in total. The Kier molecular flexibility index (Phi) is 12.3. The van der Waals surface area contributed by atoms with Crippen molar-refractivity contribution in [3.63, 3.8) is 0 Å². The third kappa shape index (κ3) is 9.49. The molecule has 0 saturated carbocycles. The molecule has 0 heterocycles. The maximum atomic E-state index is 12.9. The smallest absolute Gasteiger partial charge is 0.326 e. The molecule has 10 heteroatoms. The summed E-state index contributed by atoms with van der Waals surface area (Å²) in [5.74, 6) is -4.63. The molecule has 10 nitrogen and oxygen atoms in total. The minimum absolute atomic E-state index is 0.0694. The average molecular weight is 456 g/mol. The van der Waals surface area contributed by atoms with Crippen LogP contribution in [0.1, 0.15) is 60.3 Å². The first-order chi connectivity index (χ1) is 14.8. The predicted octanol–water partition coefficient (Wildman–Crippen LogP) is 1.15. The van der Waals surface area contributed by atoms with Crippen LogP contribution in [0.3, 0.4) is 0 Å². The zero-order valence-corrected chi connectivity index (χ0v) is 19.9. The molecule has 0 rings (SSSR count). The van der Waals surface area contributed by atoms with Crippen LogP contribution in [0.2, 0.25) is 0 Å². The number of carboxylic acid groups (broad SMARTS) is 1. The van der Waals surface area contributed by atoms with Crippen molar-refractivity contribution in [3.8, 4) is 0 Å². The molecule has 0 aromatic heterocycles. The van der Waals surface area contributed by atoms with Crippen LogP contribution in [-0.2, 0) is 28.7 Å². The quantitative estimate of drug-likeness (QED) is 0.240. The van der Waals surface area contributed by atoms with Crippen LogP contribution < -0.4 is 16.0 Å². The Labute approximate surface area is 189 Å². The van der Waals surface area contributed by atoms with E-state index in [0.717, 1.165) is 0 Å². The molecule has 3 amide bonds. The molecule has 0 aromatic rings. The first-order valence-electron chi connectivity index (χ1n) is 10.7. The lowest BCUT2D eigenvalue weighted by Gasteiger charge is -2.31. The molecule has 0 bridgehead atoms. The SMILES string of the molecule is C=C(C(=O)NC(C(=O)NCC(=O)OC)C(C)(C)C)C(CCC)C(=O)N[C@@H](CCC)C(=O)O. The summed E-state index contributed by atoms with van der Waals surface area (Å²) in [6.07, 6.45) is 1.65. The Bertz CT molecular complexity index is 713. The Balaban J connectivity index is 5.49. The molecule has 3 atom stereocenters. The van der Waals surface area contributed by atoms with E-state index < -0.39 is 53.1 Å². The average Bonchev–Trinajstić information content (AvgIpc) is 2.71. The first-order valence-corrected chi connectivity index (χ1v) is 10.7. The molecule has 0 spiro atoms. The number of esters is 1. The molecule has 2 unspecified atom stereocenters. The van der Waals surface area contributed by atoms with Gasteiger partial charge in [0.1, 0.15) is 18.6 Å². The van der Waals surface area contributed by atoms with Gasteiger partial charge >= 0.3 is 11.9 Å². The van der Waals surface area contributed by atoms with Crippen molar-refractivity contribution < 1.29 is 33.8 Å². The number of carbonyl (C=O) groups excluding carboxylic acids is 4. The molecular weight excluding hydrogens is 418 g/mol. The molecule has 0 fully saturated rings. The number of aliphatic carboxylic acids is 1. The first kappa shape index (κ1) is 29.1. The van der Waals surface area contributed by atoms with Crippen molar-refractivity contribution in [1.29, 1.82) is 0 Å². The molecule has 182 valence electrons. The standard InChI is InChI=1S/C22H37N3O7/c1-8-10-14(19(28)24-15(11-9-2)21(30)31)13(3)18(27)25-17(22(4,5)6)20(29)23-12-16(26)32-7/h14-15,17H,3,8-12H2,1-2,4-7H3,(H,23,29)(H,24,28)(H,25,27)(H,30,31)/t14?,15-,17?/m0/s1. The zero-order valence-electron chi connectivity index (χ0n) is 19.9. The van der Waals surface area contributed by atoms with E-state index in [1.807, 2.05) is 6.92 Å². The van der Waals surface area contributed by atoms with Crippen LogP contribution in [0.25, 0.3) is 0 Å². The van der Waals surface area contributed by atoms with E-state index in [1.54, 1.807) is 27.7 Å².